The first kappa shape index (κ1) is 14.6. The number of aliphatic hydroxyl groups excluding tert-OH is 1. The fourth-order valence-electron chi connectivity index (χ4n) is 1.95. The van der Waals surface area contributed by atoms with Gasteiger partial charge in [0, 0.05) is 5.56 Å². The molecule has 0 aliphatic carbocycles. The number of aliphatic hydroxyl groups is 1. The predicted octanol–water partition coefficient (Wildman–Crippen LogP) is 0.794. The largest absolute Gasteiger partial charge is 0.384 e. The summed E-state index contributed by atoms with van der Waals surface area (Å²) in [6, 6.07) is 4.96. The minimum atomic E-state index is -3.71. The van der Waals surface area contributed by atoms with Crippen molar-refractivity contribution in [2.24, 2.45) is 0 Å². The highest BCUT2D eigenvalue weighted by Crippen LogP contribution is 2.40. The Bertz CT molecular complexity index is 738. The van der Waals surface area contributed by atoms with Crippen LogP contribution in [0.5, 0.6) is 0 Å². The molecule has 1 saturated heterocycles. The van der Waals surface area contributed by atoms with E-state index in [2.05, 4.69) is 11.8 Å². The second-order valence-corrected chi connectivity index (χ2v) is 7.40. The highest BCUT2D eigenvalue weighted by molar-refractivity contribution is 7.98. The second kappa shape index (κ2) is 4.62. The van der Waals surface area contributed by atoms with Crippen LogP contribution in [0.4, 0.5) is 5.69 Å². The van der Waals surface area contributed by atoms with Gasteiger partial charge in [0.2, 0.25) is 0 Å². The third-order valence-electron chi connectivity index (χ3n) is 3.26. The number of benzene rings is 1. The standard InChI is InChI=1S/C14H15NO4S/c1-10-6-7-12(11(9-10)5-4-8-16)15-13(17)14(2,3)20(15,18)19/h6-7,9,16H,8H2,1-3H3. The van der Waals surface area contributed by atoms with E-state index in [1.807, 2.05) is 6.92 Å². The first-order valence-electron chi connectivity index (χ1n) is 6.03. The van der Waals surface area contributed by atoms with E-state index >= 15 is 0 Å². The molecule has 2 rings (SSSR count). The molecule has 0 spiro atoms. The molecule has 5 nitrogen and oxygen atoms in total. The van der Waals surface area contributed by atoms with Crippen LogP contribution in [0.2, 0.25) is 0 Å². The summed E-state index contributed by atoms with van der Waals surface area (Å²) in [6.07, 6.45) is 0. The summed E-state index contributed by atoms with van der Waals surface area (Å²) < 4.78 is 23.8. The van der Waals surface area contributed by atoms with Crippen molar-refractivity contribution in [2.75, 3.05) is 10.9 Å². The summed E-state index contributed by atoms with van der Waals surface area (Å²) in [5.41, 5.74) is 1.54. The molecule has 0 unspecified atom stereocenters. The maximum Gasteiger partial charge on any atom is 0.263 e. The van der Waals surface area contributed by atoms with Crippen molar-refractivity contribution in [2.45, 2.75) is 25.5 Å². The second-order valence-electron chi connectivity index (χ2n) is 5.07. The molecule has 6 heteroatoms. The number of hydrogen-bond acceptors (Lipinski definition) is 4. The van der Waals surface area contributed by atoms with Crippen molar-refractivity contribution in [3.8, 4) is 11.8 Å². The van der Waals surface area contributed by atoms with Gasteiger partial charge in [0.25, 0.3) is 15.9 Å². The number of carbonyl (C=O) groups excluding carboxylic acids is 1. The molecule has 1 N–H and O–H groups in total. The number of carbonyl (C=O) groups is 1. The zero-order valence-corrected chi connectivity index (χ0v) is 12.3. The van der Waals surface area contributed by atoms with E-state index in [9.17, 15) is 13.2 Å². The number of sulfonamides is 1. The van der Waals surface area contributed by atoms with Gasteiger partial charge in [-0.15, -0.1) is 0 Å². The van der Waals surface area contributed by atoms with Crippen LogP contribution in [-0.2, 0) is 14.8 Å². The van der Waals surface area contributed by atoms with E-state index in [-0.39, 0.29) is 12.3 Å². The lowest BCUT2D eigenvalue weighted by atomic mass is 10.1. The summed E-state index contributed by atoms with van der Waals surface area (Å²) in [6.45, 7) is 4.27. The van der Waals surface area contributed by atoms with E-state index in [4.69, 9.17) is 5.11 Å². The van der Waals surface area contributed by atoms with Crippen molar-refractivity contribution in [1.29, 1.82) is 0 Å². The van der Waals surface area contributed by atoms with Crippen LogP contribution in [0.1, 0.15) is 25.0 Å². The first-order valence-corrected chi connectivity index (χ1v) is 7.47. The smallest absolute Gasteiger partial charge is 0.263 e. The van der Waals surface area contributed by atoms with E-state index < -0.39 is 20.7 Å². The highest BCUT2D eigenvalue weighted by atomic mass is 32.2. The van der Waals surface area contributed by atoms with Gasteiger partial charge in [-0.1, -0.05) is 17.9 Å². The van der Waals surface area contributed by atoms with Gasteiger partial charge in [0.05, 0.1) is 5.69 Å². The summed E-state index contributed by atoms with van der Waals surface area (Å²) >= 11 is 0. The molecule has 1 aliphatic heterocycles. The monoisotopic (exact) mass is 293 g/mol. The molecule has 0 atom stereocenters. The molecule has 1 aromatic rings. The Labute approximate surface area is 118 Å². The lowest BCUT2D eigenvalue weighted by Gasteiger charge is -2.43. The molecule has 0 bridgehead atoms. The van der Waals surface area contributed by atoms with Gasteiger partial charge in [0.15, 0.2) is 4.75 Å². The van der Waals surface area contributed by atoms with Crippen LogP contribution in [0, 0.1) is 18.8 Å². The number of rotatable bonds is 1. The fraction of sp³-hybridized carbons (Fsp3) is 0.357. The summed E-state index contributed by atoms with van der Waals surface area (Å²) in [7, 11) is -3.71. The third kappa shape index (κ3) is 1.90. The van der Waals surface area contributed by atoms with Gasteiger partial charge in [0.1, 0.15) is 6.61 Å². The van der Waals surface area contributed by atoms with Crippen molar-refractivity contribution in [3.63, 3.8) is 0 Å². The minimum Gasteiger partial charge on any atom is -0.384 e. The topological polar surface area (TPSA) is 74.7 Å². The van der Waals surface area contributed by atoms with Crippen LogP contribution in [0.25, 0.3) is 0 Å². The minimum absolute atomic E-state index is 0.237. The number of anilines is 1. The van der Waals surface area contributed by atoms with E-state index in [1.54, 1.807) is 18.2 Å². The Kier molecular flexibility index (Phi) is 3.36. The molecule has 1 fully saturated rings. The van der Waals surface area contributed by atoms with Crippen LogP contribution in [0.15, 0.2) is 18.2 Å². The fourth-order valence-corrected chi connectivity index (χ4v) is 3.45. The zero-order chi connectivity index (χ0) is 15.1. The van der Waals surface area contributed by atoms with Crippen molar-refractivity contribution >= 4 is 21.6 Å². The molecule has 1 heterocycles. The highest BCUT2D eigenvalue weighted by Gasteiger charge is 2.61. The van der Waals surface area contributed by atoms with Gasteiger partial charge in [-0.3, -0.25) is 4.79 Å². The average Bonchev–Trinajstić information content (AvgIpc) is 2.38. The lowest BCUT2D eigenvalue weighted by Crippen LogP contribution is -2.67. The SMILES string of the molecule is Cc1ccc(N2C(=O)C(C)(C)S2(=O)=O)c(C#CCO)c1. The zero-order valence-electron chi connectivity index (χ0n) is 11.5. The molecule has 0 radical (unpaired) electrons. The molecular formula is C14H15NO4S. The molecule has 1 aromatic carbocycles. The predicted molar refractivity (Wildman–Crippen MR) is 75.6 cm³/mol. The molecule has 1 amide bonds. The van der Waals surface area contributed by atoms with Gasteiger partial charge in [-0.25, -0.2) is 12.7 Å². The maximum absolute atomic E-state index is 12.2. The number of aryl methyl sites for hydroxylation is 1. The Balaban J connectivity index is 2.58. The van der Waals surface area contributed by atoms with Crippen LogP contribution in [0.3, 0.4) is 0 Å². The average molecular weight is 293 g/mol. The summed E-state index contributed by atoms with van der Waals surface area (Å²) in [5, 5.41) is 8.76. The lowest BCUT2D eigenvalue weighted by molar-refractivity contribution is -0.120. The van der Waals surface area contributed by atoms with Crippen molar-refractivity contribution < 1.29 is 18.3 Å². The van der Waals surface area contributed by atoms with E-state index in [0.29, 0.717) is 5.56 Å². The van der Waals surface area contributed by atoms with Gasteiger partial charge < -0.3 is 5.11 Å². The van der Waals surface area contributed by atoms with E-state index in [1.165, 1.54) is 13.8 Å². The van der Waals surface area contributed by atoms with Gasteiger partial charge in [-0.2, -0.15) is 0 Å². The molecule has 0 aromatic heterocycles. The van der Waals surface area contributed by atoms with Gasteiger partial charge in [-0.05, 0) is 38.5 Å². The third-order valence-corrected chi connectivity index (χ3v) is 5.57. The van der Waals surface area contributed by atoms with Crippen LogP contribution >= 0.6 is 0 Å². The Morgan fingerprint density at radius 3 is 2.55 bits per heavy atom. The van der Waals surface area contributed by atoms with Crippen molar-refractivity contribution in [3.05, 3.63) is 29.3 Å². The number of hydrogen-bond donors (Lipinski definition) is 1. The summed E-state index contributed by atoms with van der Waals surface area (Å²) in [5.74, 6) is 4.67. The summed E-state index contributed by atoms with van der Waals surface area (Å²) in [4.78, 5) is 12.1. The molecular weight excluding hydrogens is 278 g/mol. The Morgan fingerprint density at radius 2 is 2.00 bits per heavy atom. The molecule has 106 valence electrons. The van der Waals surface area contributed by atoms with E-state index in [0.717, 1.165) is 9.87 Å². The van der Waals surface area contributed by atoms with Gasteiger partial charge >= 0.3 is 0 Å². The number of nitrogens with zero attached hydrogens (tertiary/aromatic N) is 1. The van der Waals surface area contributed by atoms with Crippen molar-refractivity contribution in [1.82, 2.24) is 0 Å². The van der Waals surface area contributed by atoms with Crippen LogP contribution in [-0.4, -0.2) is 30.8 Å². The quantitative estimate of drug-likeness (QED) is 0.777. The Hall–Kier alpha value is -1.84. The molecule has 20 heavy (non-hydrogen) atoms. The number of amides is 1. The molecule has 1 aliphatic rings. The normalized spacial score (nSPS) is 19.0. The Morgan fingerprint density at radius 1 is 1.35 bits per heavy atom. The molecule has 0 saturated carbocycles. The first-order chi connectivity index (χ1) is 9.23. The van der Waals surface area contributed by atoms with Crippen LogP contribution < -0.4 is 4.31 Å². The maximum atomic E-state index is 12.2.